The predicted molar refractivity (Wildman–Crippen MR) is 108 cm³/mol. The Kier molecular flexibility index (Phi) is 4.30. The molecule has 1 aliphatic rings. The van der Waals surface area contributed by atoms with Crippen LogP contribution in [-0.4, -0.2) is 32.2 Å². The molecular weight excluding hydrogens is 370 g/mol. The first kappa shape index (κ1) is 17.3. The zero-order chi connectivity index (χ0) is 19.1. The lowest BCUT2D eigenvalue weighted by atomic mass is 10.0. The van der Waals surface area contributed by atoms with Crippen LogP contribution in [0.4, 0.5) is 0 Å². The number of hydrogen-bond acceptors (Lipinski definition) is 6. The summed E-state index contributed by atoms with van der Waals surface area (Å²) in [5.41, 5.74) is 5.33. The van der Waals surface area contributed by atoms with Crippen LogP contribution in [0.1, 0.15) is 42.1 Å². The fraction of sp³-hybridized carbons (Fsp3) is 0.333. The second-order valence-corrected chi connectivity index (χ2v) is 8.21. The number of nitrogens with zero attached hydrogens (tertiary/aromatic N) is 5. The van der Waals surface area contributed by atoms with Gasteiger partial charge in [-0.25, -0.2) is 4.98 Å². The minimum atomic E-state index is 0.218. The standard InChI is InChI=1S/C21H19N5OS/c1-13-6-15(4-5-27-13)26-20(8-16-10-23-12-28-16)25-19-11-24-18-3-2-14(9-22)7-17(18)21(19)26/h2-3,7,10-13,15H,4-6,8H2,1H3/t13-,15-/m1/s1. The highest BCUT2D eigenvalue weighted by molar-refractivity contribution is 7.09. The van der Waals surface area contributed by atoms with Crippen LogP contribution in [-0.2, 0) is 11.2 Å². The van der Waals surface area contributed by atoms with E-state index in [-0.39, 0.29) is 6.10 Å². The molecule has 0 radical (unpaired) electrons. The molecule has 4 heterocycles. The lowest BCUT2D eigenvalue weighted by Crippen LogP contribution is -2.26. The van der Waals surface area contributed by atoms with Crippen molar-refractivity contribution < 1.29 is 4.74 Å². The quantitative estimate of drug-likeness (QED) is 0.524. The molecule has 3 aromatic heterocycles. The van der Waals surface area contributed by atoms with Gasteiger partial charge in [-0.2, -0.15) is 5.26 Å². The number of thiazole rings is 1. The number of ether oxygens (including phenoxy) is 1. The van der Waals surface area contributed by atoms with E-state index in [1.807, 2.05) is 36.1 Å². The molecule has 0 unspecified atom stereocenters. The van der Waals surface area contributed by atoms with Gasteiger partial charge in [0.25, 0.3) is 0 Å². The molecule has 7 heteroatoms. The maximum Gasteiger partial charge on any atom is 0.115 e. The van der Waals surface area contributed by atoms with Crippen LogP contribution >= 0.6 is 11.3 Å². The average molecular weight is 389 g/mol. The molecule has 1 saturated heterocycles. The van der Waals surface area contributed by atoms with E-state index in [4.69, 9.17) is 9.72 Å². The van der Waals surface area contributed by atoms with E-state index >= 15 is 0 Å². The largest absolute Gasteiger partial charge is 0.378 e. The molecule has 0 saturated carbocycles. The van der Waals surface area contributed by atoms with Crippen molar-refractivity contribution in [3.05, 3.63) is 52.4 Å². The van der Waals surface area contributed by atoms with Gasteiger partial charge in [-0.05, 0) is 38.0 Å². The maximum atomic E-state index is 9.38. The molecular formula is C21H19N5OS. The summed E-state index contributed by atoms with van der Waals surface area (Å²) in [6.45, 7) is 2.87. The van der Waals surface area contributed by atoms with E-state index in [1.54, 1.807) is 11.3 Å². The average Bonchev–Trinajstić information content (AvgIpc) is 3.35. The van der Waals surface area contributed by atoms with Crippen molar-refractivity contribution >= 4 is 33.3 Å². The number of nitriles is 1. The molecule has 4 aromatic rings. The Bertz CT molecular complexity index is 1190. The van der Waals surface area contributed by atoms with Crippen LogP contribution in [0.5, 0.6) is 0 Å². The number of imidazole rings is 1. The first-order chi connectivity index (χ1) is 13.7. The monoisotopic (exact) mass is 389 g/mol. The number of rotatable bonds is 3. The van der Waals surface area contributed by atoms with Gasteiger partial charge in [0.05, 0.1) is 40.5 Å². The fourth-order valence-electron chi connectivity index (χ4n) is 4.11. The zero-order valence-electron chi connectivity index (χ0n) is 15.5. The number of hydrogen-bond donors (Lipinski definition) is 0. The number of aromatic nitrogens is 4. The number of benzene rings is 1. The molecule has 0 amide bonds. The van der Waals surface area contributed by atoms with E-state index in [0.717, 1.165) is 53.6 Å². The van der Waals surface area contributed by atoms with Crippen LogP contribution < -0.4 is 0 Å². The topological polar surface area (TPSA) is 76.6 Å². The molecule has 1 aromatic carbocycles. The van der Waals surface area contributed by atoms with Crippen LogP contribution in [0.2, 0.25) is 0 Å². The number of fused-ring (bicyclic) bond motifs is 3. The molecule has 140 valence electrons. The van der Waals surface area contributed by atoms with Gasteiger partial charge < -0.3 is 9.30 Å². The maximum absolute atomic E-state index is 9.38. The third-order valence-electron chi connectivity index (χ3n) is 5.36. The summed E-state index contributed by atoms with van der Waals surface area (Å²) < 4.78 is 8.17. The Balaban J connectivity index is 1.77. The van der Waals surface area contributed by atoms with Crippen molar-refractivity contribution in [2.24, 2.45) is 0 Å². The van der Waals surface area contributed by atoms with Crippen LogP contribution in [0.25, 0.3) is 21.9 Å². The van der Waals surface area contributed by atoms with Crippen molar-refractivity contribution in [3.63, 3.8) is 0 Å². The van der Waals surface area contributed by atoms with Gasteiger partial charge in [0, 0.05) is 35.5 Å². The Morgan fingerprint density at radius 2 is 2.25 bits per heavy atom. The van der Waals surface area contributed by atoms with Gasteiger partial charge in [-0.15, -0.1) is 11.3 Å². The second kappa shape index (κ2) is 6.97. The van der Waals surface area contributed by atoms with E-state index in [0.29, 0.717) is 11.6 Å². The first-order valence-corrected chi connectivity index (χ1v) is 10.3. The van der Waals surface area contributed by atoms with Gasteiger partial charge in [0.2, 0.25) is 0 Å². The summed E-state index contributed by atoms with van der Waals surface area (Å²) in [7, 11) is 0. The molecule has 0 spiro atoms. The number of pyridine rings is 1. The van der Waals surface area contributed by atoms with Gasteiger partial charge in [-0.3, -0.25) is 9.97 Å². The van der Waals surface area contributed by atoms with E-state index < -0.39 is 0 Å². The molecule has 6 nitrogen and oxygen atoms in total. The predicted octanol–water partition coefficient (Wildman–Crippen LogP) is 4.24. The van der Waals surface area contributed by atoms with Crippen LogP contribution in [0.15, 0.2) is 36.1 Å². The summed E-state index contributed by atoms with van der Waals surface area (Å²) in [6.07, 6.45) is 6.61. The van der Waals surface area contributed by atoms with Crippen molar-refractivity contribution in [1.82, 2.24) is 19.5 Å². The van der Waals surface area contributed by atoms with Crippen LogP contribution in [0.3, 0.4) is 0 Å². The SMILES string of the molecule is C[C@@H]1C[C@H](n2c(Cc3cncs3)nc3cnc4ccc(C#N)cc4c32)CCO1. The fourth-order valence-corrected chi connectivity index (χ4v) is 4.70. The Hall–Kier alpha value is -2.82. The van der Waals surface area contributed by atoms with Crippen molar-refractivity contribution in [3.8, 4) is 6.07 Å². The summed E-state index contributed by atoms with van der Waals surface area (Å²) in [6, 6.07) is 8.23. The van der Waals surface area contributed by atoms with Gasteiger partial charge in [0.1, 0.15) is 11.3 Å². The Morgan fingerprint density at radius 1 is 1.32 bits per heavy atom. The third kappa shape index (κ3) is 2.95. The zero-order valence-corrected chi connectivity index (χ0v) is 16.3. The molecule has 0 bridgehead atoms. The lowest BCUT2D eigenvalue weighted by Gasteiger charge is -2.30. The lowest BCUT2D eigenvalue weighted by molar-refractivity contribution is 0.00631. The summed E-state index contributed by atoms with van der Waals surface area (Å²) >= 11 is 1.65. The van der Waals surface area contributed by atoms with Crippen molar-refractivity contribution in [2.45, 2.75) is 38.3 Å². The van der Waals surface area contributed by atoms with E-state index in [9.17, 15) is 5.26 Å². The second-order valence-electron chi connectivity index (χ2n) is 7.24. The Labute approximate surface area is 166 Å². The van der Waals surface area contributed by atoms with E-state index in [1.165, 1.54) is 4.88 Å². The molecule has 28 heavy (non-hydrogen) atoms. The summed E-state index contributed by atoms with van der Waals surface area (Å²) in [5, 5.41) is 10.4. The molecule has 1 aliphatic heterocycles. The molecule has 2 atom stereocenters. The van der Waals surface area contributed by atoms with Crippen molar-refractivity contribution in [2.75, 3.05) is 6.61 Å². The van der Waals surface area contributed by atoms with E-state index in [2.05, 4.69) is 27.5 Å². The van der Waals surface area contributed by atoms with Crippen molar-refractivity contribution in [1.29, 1.82) is 5.26 Å². The highest BCUT2D eigenvalue weighted by Gasteiger charge is 2.26. The normalized spacial score (nSPS) is 19.9. The third-order valence-corrected chi connectivity index (χ3v) is 6.14. The van der Waals surface area contributed by atoms with Crippen LogP contribution in [0, 0.1) is 11.3 Å². The smallest absolute Gasteiger partial charge is 0.115 e. The van der Waals surface area contributed by atoms with Gasteiger partial charge in [-0.1, -0.05) is 0 Å². The highest BCUT2D eigenvalue weighted by atomic mass is 32.1. The summed E-state index contributed by atoms with van der Waals surface area (Å²) in [4.78, 5) is 14.9. The molecule has 0 N–H and O–H groups in total. The van der Waals surface area contributed by atoms with Gasteiger partial charge >= 0.3 is 0 Å². The molecule has 5 rings (SSSR count). The molecule has 0 aliphatic carbocycles. The summed E-state index contributed by atoms with van der Waals surface area (Å²) in [5.74, 6) is 1.02. The Morgan fingerprint density at radius 3 is 3.04 bits per heavy atom. The molecule has 1 fully saturated rings. The highest BCUT2D eigenvalue weighted by Crippen LogP contribution is 2.34. The first-order valence-electron chi connectivity index (χ1n) is 9.41. The van der Waals surface area contributed by atoms with Gasteiger partial charge in [0.15, 0.2) is 0 Å². The minimum Gasteiger partial charge on any atom is -0.378 e. The minimum absolute atomic E-state index is 0.218.